The normalized spacial score (nSPS) is 10.8. The second-order valence-corrected chi connectivity index (χ2v) is 22.4. The monoisotopic (exact) mass is 1270 g/mol. The number of hydrogen-bond donors (Lipinski definition) is 10. The van der Waals surface area contributed by atoms with Crippen LogP contribution in [-0.2, 0) is 58.4 Å². The van der Waals surface area contributed by atoms with Gasteiger partial charge >= 0.3 is 30.3 Å². The SMILES string of the molecule is CC(C)Nc1ncc(-c2cc(N)cc(OC(=O)NCc3ccccc3)c2)n(CC(=O)NCc2ccc(C(=N)NC(=O)OCc3ccccc3)cc2)c1=O.CC(C)Nc1ncc(-c2cc(NC(=O)OC(C)(C)C)cc(OC(=O)NCc3ccccc3)c2)n(CC(=O)O)c1=O. The fourth-order valence-corrected chi connectivity index (χ4v) is 8.71. The van der Waals surface area contributed by atoms with Crippen LogP contribution in [0.5, 0.6) is 11.5 Å². The largest absolute Gasteiger partial charge is 0.480 e. The predicted molar refractivity (Wildman–Crippen MR) is 351 cm³/mol. The molecular formula is C67H73N13O13. The molecule has 6 aromatic carbocycles. The molecule has 0 fully saturated rings. The highest BCUT2D eigenvalue weighted by atomic mass is 16.6. The van der Waals surface area contributed by atoms with E-state index in [0.29, 0.717) is 16.7 Å². The Hall–Kier alpha value is -11.8. The molecule has 0 unspecified atom stereocenters. The van der Waals surface area contributed by atoms with Gasteiger partial charge in [0.15, 0.2) is 11.6 Å². The third-order valence-corrected chi connectivity index (χ3v) is 12.8. The van der Waals surface area contributed by atoms with Crippen LogP contribution in [0.4, 0.5) is 42.2 Å². The molecule has 0 saturated carbocycles. The number of carboxylic acids is 1. The van der Waals surface area contributed by atoms with Crippen molar-refractivity contribution in [2.24, 2.45) is 0 Å². The number of nitrogens with one attached hydrogen (secondary N) is 8. The van der Waals surface area contributed by atoms with Crippen molar-refractivity contribution in [3.63, 3.8) is 0 Å². The van der Waals surface area contributed by atoms with E-state index in [1.54, 1.807) is 51.1 Å². The summed E-state index contributed by atoms with van der Waals surface area (Å²) in [6.07, 6.45) is -0.186. The van der Waals surface area contributed by atoms with Gasteiger partial charge in [0.2, 0.25) is 5.91 Å². The Kier molecular flexibility index (Phi) is 24.1. The van der Waals surface area contributed by atoms with E-state index in [2.05, 4.69) is 47.2 Å². The van der Waals surface area contributed by atoms with Crippen molar-refractivity contribution in [1.29, 1.82) is 5.41 Å². The lowest BCUT2D eigenvalue weighted by atomic mass is 10.1. The standard InChI is InChI=1S/C39H40N8O6.C28H33N5O7/c1-25(2)45-36-37(49)47(33(22-43-36)30-17-31(40)19-32(18-30)53-38(50)44-21-26-9-5-3-6-10-26)23-34(48)42-20-27-13-15-29(16-14-27)35(41)46-39(51)52-24-28-11-7-4-8-12-28;1-17(2)31-24-25(36)33(16-23(34)35)22(15-29-24)19-11-20(32-27(38)40-28(3,4)5)13-21(12-19)39-26(37)30-14-18-9-7-6-8-10-18/h3-19,22,25H,20-21,23-24,40H2,1-2H3,(H,42,48)(H,43,45)(H,44,50)(H2,41,46,51);6-13,15,17H,14,16H2,1-5H3,(H,29,31)(H,30,37)(H,32,38)(H,34,35). The van der Waals surface area contributed by atoms with Crippen LogP contribution in [0.2, 0.25) is 0 Å². The zero-order chi connectivity index (χ0) is 67.2. The average Bonchev–Trinajstić information content (AvgIpc) is 0.824. The molecule has 0 atom stereocenters. The lowest BCUT2D eigenvalue weighted by molar-refractivity contribution is -0.137. The number of carboxylic acid groups (broad SMARTS) is 1. The maximum atomic E-state index is 13.6. The molecule has 0 aliphatic heterocycles. The van der Waals surface area contributed by atoms with Crippen LogP contribution in [0.3, 0.4) is 0 Å². The molecule has 2 heterocycles. The smallest absolute Gasteiger partial charge is 0.413 e. The van der Waals surface area contributed by atoms with Crippen molar-refractivity contribution < 1.29 is 52.8 Å². The van der Waals surface area contributed by atoms with Crippen molar-refractivity contribution in [2.45, 2.75) is 105 Å². The number of aliphatic carboxylic acids is 1. The molecule has 93 heavy (non-hydrogen) atoms. The second-order valence-electron chi connectivity index (χ2n) is 22.4. The molecule has 26 heteroatoms. The van der Waals surface area contributed by atoms with Crippen molar-refractivity contribution in [1.82, 2.24) is 40.4 Å². The Morgan fingerprint density at radius 2 is 1.03 bits per heavy atom. The van der Waals surface area contributed by atoms with Crippen molar-refractivity contribution in [3.05, 3.63) is 213 Å². The molecule has 484 valence electrons. The highest BCUT2D eigenvalue weighted by Gasteiger charge is 2.22. The zero-order valence-electron chi connectivity index (χ0n) is 52.2. The van der Waals surface area contributed by atoms with Gasteiger partial charge in [-0.05, 0) is 95.0 Å². The number of carbonyl (C=O) groups excluding carboxylic acids is 5. The molecule has 0 aliphatic rings. The fourth-order valence-electron chi connectivity index (χ4n) is 8.71. The number of nitrogens with zero attached hydrogens (tertiary/aromatic N) is 4. The summed E-state index contributed by atoms with van der Waals surface area (Å²) < 4.78 is 23.8. The number of hydrogen-bond acceptors (Lipinski definition) is 18. The Balaban J connectivity index is 0.000000274. The number of ether oxygens (including phenoxy) is 4. The first-order valence-electron chi connectivity index (χ1n) is 29.3. The lowest BCUT2D eigenvalue weighted by Crippen LogP contribution is -2.35. The summed E-state index contributed by atoms with van der Waals surface area (Å²) >= 11 is 0. The van der Waals surface area contributed by atoms with Gasteiger partial charge < -0.3 is 56.4 Å². The van der Waals surface area contributed by atoms with E-state index in [4.69, 9.17) is 30.1 Å². The van der Waals surface area contributed by atoms with Gasteiger partial charge in [0.1, 0.15) is 42.6 Å². The number of amidine groups is 1. The van der Waals surface area contributed by atoms with Crippen LogP contribution in [0.25, 0.3) is 22.5 Å². The van der Waals surface area contributed by atoms with Gasteiger partial charge in [-0.3, -0.25) is 44.4 Å². The number of amides is 5. The molecule has 11 N–H and O–H groups in total. The topological polar surface area (TPSA) is 363 Å². The molecule has 0 aliphatic carbocycles. The summed E-state index contributed by atoms with van der Waals surface area (Å²) in [6.45, 7) is 12.1. The Bertz CT molecular complexity index is 4060. The highest BCUT2D eigenvalue weighted by molar-refractivity contribution is 6.04. The minimum Gasteiger partial charge on any atom is -0.480 e. The van der Waals surface area contributed by atoms with E-state index >= 15 is 0 Å². The number of carbonyl (C=O) groups is 6. The maximum absolute atomic E-state index is 13.6. The number of aromatic nitrogens is 4. The Morgan fingerprint density at radius 1 is 0.570 bits per heavy atom. The first-order valence-corrected chi connectivity index (χ1v) is 29.3. The van der Waals surface area contributed by atoms with Gasteiger partial charge in [-0.25, -0.2) is 29.1 Å². The minimum atomic E-state index is -1.25. The number of rotatable bonds is 22. The molecule has 26 nitrogen and oxygen atoms in total. The van der Waals surface area contributed by atoms with Crippen LogP contribution < -0.4 is 63.5 Å². The zero-order valence-corrected chi connectivity index (χ0v) is 52.2. The maximum Gasteiger partial charge on any atom is 0.413 e. The Morgan fingerprint density at radius 3 is 1.53 bits per heavy atom. The molecule has 8 aromatic rings. The van der Waals surface area contributed by atoms with E-state index in [0.717, 1.165) is 21.3 Å². The third-order valence-electron chi connectivity index (χ3n) is 12.8. The van der Waals surface area contributed by atoms with Crippen LogP contribution in [0.15, 0.2) is 174 Å². The molecule has 5 amide bonds. The van der Waals surface area contributed by atoms with Gasteiger partial charge in [0.05, 0.1) is 23.8 Å². The van der Waals surface area contributed by atoms with Crippen molar-refractivity contribution in [3.8, 4) is 34.0 Å². The average molecular weight is 1270 g/mol. The van der Waals surface area contributed by atoms with E-state index in [9.17, 15) is 43.5 Å². The molecule has 0 saturated heterocycles. The van der Waals surface area contributed by atoms with Crippen LogP contribution in [-0.4, -0.2) is 84.0 Å². The summed E-state index contributed by atoms with van der Waals surface area (Å²) in [7, 11) is 0. The lowest BCUT2D eigenvalue weighted by Gasteiger charge is -2.20. The van der Waals surface area contributed by atoms with Crippen LogP contribution >= 0.6 is 0 Å². The Labute approximate surface area is 535 Å². The molecular weight excluding hydrogens is 1190 g/mol. The molecule has 0 bridgehead atoms. The summed E-state index contributed by atoms with van der Waals surface area (Å²) in [6, 6.07) is 43.2. The van der Waals surface area contributed by atoms with E-state index in [1.165, 1.54) is 47.3 Å². The summed E-state index contributed by atoms with van der Waals surface area (Å²) in [5, 5.41) is 36.8. The molecule has 0 spiro atoms. The fraction of sp³-hybridized carbons (Fsp3) is 0.239. The number of benzene rings is 6. The van der Waals surface area contributed by atoms with Crippen LogP contribution in [0.1, 0.15) is 76.3 Å². The first-order chi connectivity index (χ1) is 44.3. The van der Waals surface area contributed by atoms with Crippen molar-refractivity contribution >= 4 is 65.1 Å². The van der Waals surface area contributed by atoms with E-state index in [1.807, 2.05) is 119 Å². The number of alkyl carbamates (subject to hydrolysis) is 1. The van der Waals surface area contributed by atoms with Crippen LogP contribution in [0, 0.1) is 5.41 Å². The number of nitrogens with two attached hydrogens (primary N) is 1. The summed E-state index contributed by atoms with van der Waals surface area (Å²) in [5.41, 5.74) is 9.46. The van der Waals surface area contributed by atoms with Crippen molar-refractivity contribution in [2.75, 3.05) is 21.7 Å². The first kappa shape index (κ1) is 68.7. The summed E-state index contributed by atoms with van der Waals surface area (Å²) in [5.74, 6) is -1.65. The predicted octanol–water partition coefficient (Wildman–Crippen LogP) is 9.62. The molecule has 2 aromatic heterocycles. The second kappa shape index (κ2) is 32.6. The van der Waals surface area contributed by atoms with E-state index < -0.39 is 59.5 Å². The van der Waals surface area contributed by atoms with Gasteiger partial charge in [-0.2, -0.15) is 0 Å². The van der Waals surface area contributed by atoms with Gasteiger partial charge in [0, 0.05) is 71.9 Å². The molecule has 8 rings (SSSR count). The quantitative estimate of drug-likeness (QED) is 0.0171. The summed E-state index contributed by atoms with van der Waals surface area (Å²) in [4.78, 5) is 110. The van der Waals surface area contributed by atoms with E-state index in [-0.39, 0.29) is 102 Å². The number of anilines is 4. The van der Waals surface area contributed by atoms with Gasteiger partial charge in [-0.1, -0.05) is 115 Å². The molecule has 0 radical (unpaired) electrons. The highest BCUT2D eigenvalue weighted by Crippen LogP contribution is 2.30. The number of nitrogen functional groups attached to an aromatic ring is 1. The van der Waals surface area contributed by atoms with Gasteiger partial charge in [-0.15, -0.1) is 0 Å². The van der Waals surface area contributed by atoms with Gasteiger partial charge in [0.25, 0.3) is 11.1 Å². The third kappa shape index (κ3) is 22.0. The minimum absolute atomic E-state index is 0.0141.